The number of aliphatic carboxylic acids is 1. The van der Waals surface area contributed by atoms with Gasteiger partial charge in [0.2, 0.25) is 0 Å². The van der Waals surface area contributed by atoms with E-state index in [-0.39, 0.29) is 17.4 Å². The number of carbonyl (C=O) groups is 2. The lowest BCUT2D eigenvalue weighted by atomic mass is 10.0. The van der Waals surface area contributed by atoms with Crippen LogP contribution >= 0.6 is 0 Å². The number of ether oxygens (including phenoxy) is 1. The van der Waals surface area contributed by atoms with Crippen molar-refractivity contribution in [2.24, 2.45) is 0 Å². The average Bonchev–Trinajstić information content (AvgIpc) is 3.75. The Bertz CT molecular complexity index is 1560. The molecule has 2 N–H and O–H groups in total. The first kappa shape index (κ1) is 23.0. The summed E-state index contributed by atoms with van der Waals surface area (Å²) in [7, 11) is 0. The van der Waals surface area contributed by atoms with Gasteiger partial charge in [0.1, 0.15) is 23.0 Å². The Morgan fingerprint density at radius 2 is 1.97 bits per heavy atom. The highest BCUT2D eigenvalue weighted by molar-refractivity contribution is 5.88. The highest BCUT2D eigenvalue weighted by atomic mass is 16.6. The Morgan fingerprint density at radius 1 is 1.19 bits per heavy atom. The van der Waals surface area contributed by atoms with Gasteiger partial charge in [-0.15, -0.1) is 0 Å². The van der Waals surface area contributed by atoms with E-state index in [1.165, 1.54) is 0 Å². The number of nitrogens with zero attached hydrogens (tertiary/aromatic N) is 1. The van der Waals surface area contributed by atoms with E-state index in [1.54, 1.807) is 12.1 Å². The van der Waals surface area contributed by atoms with Crippen molar-refractivity contribution in [2.45, 2.75) is 57.0 Å². The molecule has 1 aromatic carbocycles. The van der Waals surface area contributed by atoms with Crippen LogP contribution in [0.15, 0.2) is 49.8 Å². The topological polar surface area (TPSA) is 128 Å². The van der Waals surface area contributed by atoms with Gasteiger partial charge in [0.25, 0.3) is 5.78 Å². The molecular formula is C28H24N2O7. The van der Waals surface area contributed by atoms with Crippen molar-refractivity contribution in [3.8, 4) is 11.8 Å². The van der Waals surface area contributed by atoms with Gasteiger partial charge >= 0.3 is 12.1 Å². The van der Waals surface area contributed by atoms with E-state index in [9.17, 15) is 14.7 Å². The molecule has 6 rings (SSSR count). The zero-order chi connectivity index (χ0) is 25.7. The molecule has 9 heteroatoms. The third-order valence-corrected chi connectivity index (χ3v) is 6.95. The summed E-state index contributed by atoms with van der Waals surface area (Å²) in [4.78, 5) is 24.3. The van der Waals surface area contributed by atoms with E-state index in [0.29, 0.717) is 41.2 Å². The molecule has 0 radical (unpaired) electrons. The summed E-state index contributed by atoms with van der Waals surface area (Å²) in [6, 6.07) is 11.1. The smallest absolute Gasteiger partial charge is 0.412 e. The van der Waals surface area contributed by atoms with E-state index in [1.807, 2.05) is 38.1 Å². The summed E-state index contributed by atoms with van der Waals surface area (Å²) >= 11 is 0. The van der Waals surface area contributed by atoms with Crippen LogP contribution in [-0.4, -0.2) is 22.3 Å². The van der Waals surface area contributed by atoms with Gasteiger partial charge in [-0.25, -0.2) is 4.79 Å². The molecule has 3 aromatic heterocycles. The molecule has 0 aliphatic heterocycles. The van der Waals surface area contributed by atoms with E-state index in [4.69, 9.17) is 18.1 Å². The number of hydrogen-bond acceptors (Lipinski definition) is 7. The number of aryl methyl sites for hydroxylation is 1. The van der Waals surface area contributed by atoms with Crippen LogP contribution in [0.4, 0.5) is 10.5 Å². The summed E-state index contributed by atoms with van der Waals surface area (Å²) in [6.07, 6.45) is 1.91. The summed E-state index contributed by atoms with van der Waals surface area (Å²) in [5, 5.41) is 16.9. The molecule has 9 nitrogen and oxygen atoms in total. The van der Waals surface area contributed by atoms with Crippen LogP contribution in [0.2, 0.25) is 0 Å². The highest BCUT2D eigenvalue weighted by Gasteiger charge is 2.54. The number of amides is 1. The molecule has 1 amide bonds. The minimum atomic E-state index is -0.945. The second-order valence-corrected chi connectivity index (χ2v) is 9.68. The quantitative estimate of drug-likeness (QED) is 0.307. The largest absolute Gasteiger partial charge is 0.480 e. The maximum Gasteiger partial charge on any atom is 0.412 e. The molecule has 4 aromatic rings. The second kappa shape index (κ2) is 8.59. The van der Waals surface area contributed by atoms with Crippen molar-refractivity contribution >= 4 is 28.9 Å². The zero-order valence-electron chi connectivity index (χ0n) is 20.3. The van der Waals surface area contributed by atoms with Crippen molar-refractivity contribution in [3.63, 3.8) is 0 Å². The van der Waals surface area contributed by atoms with Gasteiger partial charge in [0.15, 0.2) is 17.2 Å². The predicted molar refractivity (Wildman–Crippen MR) is 131 cm³/mol. The minimum Gasteiger partial charge on any atom is -0.480 e. The number of carboxylic acid groups (broad SMARTS) is 1. The van der Waals surface area contributed by atoms with Gasteiger partial charge in [-0.1, -0.05) is 29.4 Å². The first-order valence-electron chi connectivity index (χ1n) is 12.2. The van der Waals surface area contributed by atoms with Crippen LogP contribution < -0.4 is 5.32 Å². The normalized spacial score (nSPS) is 16.6. The number of carboxylic acids is 1. The lowest BCUT2D eigenvalue weighted by Gasteiger charge is -2.16. The van der Waals surface area contributed by atoms with Gasteiger partial charge in [0.05, 0.1) is 5.39 Å². The van der Waals surface area contributed by atoms with Gasteiger partial charge in [-0.2, -0.15) is 0 Å². The third kappa shape index (κ3) is 4.25. The van der Waals surface area contributed by atoms with E-state index in [0.717, 1.165) is 24.0 Å². The maximum absolute atomic E-state index is 12.8. The number of furan rings is 2. The number of benzene rings is 1. The molecule has 1 unspecified atom stereocenters. The molecule has 2 aliphatic carbocycles. The lowest BCUT2D eigenvalue weighted by molar-refractivity contribution is -0.140. The molecular weight excluding hydrogens is 476 g/mol. The van der Waals surface area contributed by atoms with Gasteiger partial charge in [0, 0.05) is 12.0 Å². The van der Waals surface area contributed by atoms with E-state index in [2.05, 4.69) is 22.3 Å². The number of hydrogen-bond donors (Lipinski definition) is 2. The van der Waals surface area contributed by atoms with Crippen molar-refractivity contribution in [1.29, 1.82) is 0 Å². The molecule has 1 atom stereocenters. The van der Waals surface area contributed by atoms with Crippen LogP contribution in [0.3, 0.4) is 0 Å². The van der Waals surface area contributed by atoms with Crippen molar-refractivity contribution < 1.29 is 32.8 Å². The highest BCUT2D eigenvalue weighted by Crippen LogP contribution is 2.50. The number of nitrogens with one attached hydrogen (secondary N) is 1. The predicted octanol–water partition coefficient (Wildman–Crippen LogP) is 6.03. The summed E-state index contributed by atoms with van der Waals surface area (Å²) < 4.78 is 22.5. The van der Waals surface area contributed by atoms with Gasteiger partial charge < -0.3 is 23.2 Å². The first-order valence-corrected chi connectivity index (χ1v) is 12.2. The number of anilines is 1. The number of aromatic nitrogens is 1. The average molecular weight is 501 g/mol. The molecule has 0 bridgehead atoms. The molecule has 37 heavy (non-hydrogen) atoms. The molecule has 188 valence electrons. The fourth-order valence-corrected chi connectivity index (χ4v) is 4.48. The van der Waals surface area contributed by atoms with Crippen LogP contribution in [0.5, 0.6) is 0 Å². The van der Waals surface area contributed by atoms with Gasteiger partial charge in [-0.3, -0.25) is 10.1 Å². The van der Waals surface area contributed by atoms with Crippen LogP contribution in [-0.2, 0) is 14.9 Å². The molecule has 3 heterocycles. The number of rotatable bonds is 6. The van der Waals surface area contributed by atoms with Crippen molar-refractivity contribution in [3.05, 3.63) is 70.5 Å². The van der Waals surface area contributed by atoms with Crippen LogP contribution in [0, 0.1) is 18.8 Å². The molecule has 2 saturated carbocycles. The monoisotopic (exact) mass is 500 g/mol. The molecule has 2 fully saturated rings. The summed E-state index contributed by atoms with van der Waals surface area (Å²) in [6.45, 7) is 3.78. The maximum atomic E-state index is 12.8. The van der Waals surface area contributed by atoms with Crippen LogP contribution in [0.25, 0.3) is 11.2 Å². The van der Waals surface area contributed by atoms with E-state index < -0.39 is 23.6 Å². The SMILES string of the molecule is Cc1ccccc1C(C)OC(=O)Nc1c(C#Cc2cc3cc(C4(C(=O)O)CC4)oc3o2)noc1C1CC1. The number of fused-ring (bicyclic) bond motifs is 1. The van der Waals surface area contributed by atoms with Crippen LogP contribution in [0.1, 0.15) is 78.7 Å². The lowest BCUT2D eigenvalue weighted by Crippen LogP contribution is -2.18. The van der Waals surface area contributed by atoms with E-state index >= 15 is 0 Å². The zero-order valence-corrected chi connectivity index (χ0v) is 20.3. The van der Waals surface area contributed by atoms with Crippen molar-refractivity contribution in [1.82, 2.24) is 5.16 Å². The Morgan fingerprint density at radius 3 is 2.65 bits per heavy atom. The Hall–Kier alpha value is -4.45. The summed E-state index contributed by atoms with van der Waals surface area (Å²) in [5.74, 6) is 6.58. The number of carbonyl (C=O) groups excluding carboxylic acids is 1. The second-order valence-electron chi connectivity index (χ2n) is 9.68. The Kier molecular flexibility index (Phi) is 5.33. The van der Waals surface area contributed by atoms with Crippen molar-refractivity contribution in [2.75, 3.05) is 5.32 Å². The fourth-order valence-electron chi connectivity index (χ4n) is 4.48. The Balaban J connectivity index is 1.21. The first-order chi connectivity index (χ1) is 17.8. The Labute approximate surface area is 211 Å². The summed E-state index contributed by atoms with van der Waals surface area (Å²) in [5.41, 5.74) is 1.67. The molecule has 0 saturated heterocycles. The minimum absolute atomic E-state index is 0.181. The molecule has 2 aliphatic rings. The fraction of sp³-hybridized carbons (Fsp3) is 0.321. The van der Waals surface area contributed by atoms with Gasteiger partial charge in [-0.05, 0) is 68.6 Å². The standard InChI is InChI=1S/C28H24N2O7/c1-15-5-3-4-6-20(15)16(2)34-27(33)29-23-21(30-37-24(23)17-7-8-17)10-9-19-13-18-14-22(36-25(18)35-19)28(11-12-28)26(31)32/h3-6,13-14,16-17H,7-8,11-12H2,1-2H3,(H,29,33)(H,31,32). The third-order valence-electron chi connectivity index (χ3n) is 6.95. The molecule has 0 spiro atoms.